The number of piperidine rings is 1. The van der Waals surface area contributed by atoms with Gasteiger partial charge in [0.1, 0.15) is 18.2 Å². The first-order chi connectivity index (χ1) is 17.1. The van der Waals surface area contributed by atoms with Crippen LogP contribution < -0.4 is 19.9 Å². The van der Waals surface area contributed by atoms with Gasteiger partial charge in [0.05, 0.1) is 19.3 Å². The van der Waals surface area contributed by atoms with Crippen LogP contribution in [0.2, 0.25) is 0 Å². The van der Waals surface area contributed by atoms with Gasteiger partial charge in [-0.25, -0.2) is 14.0 Å². The minimum Gasteiger partial charge on any atom is -0.497 e. The fourth-order valence-electron chi connectivity index (χ4n) is 5.28. The highest BCUT2D eigenvalue weighted by molar-refractivity contribution is 5.89. The van der Waals surface area contributed by atoms with Crippen LogP contribution in [-0.2, 0) is 9.47 Å². The lowest BCUT2D eigenvalue weighted by molar-refractivity contribution is 0.0705. The number of halogens is 1. The number of anilines is 2. The standard InChI is InChI=1S/C27H32FN3O5/c1-27(2,3)29-25(32)35-15-19-12-31(26(33)36-19)17-7-10-20(23(28)11-17)24-21-13-30(14-22(21)24)16-5-8-18(34-4)9-6-16/h5-11,19,21-22,24H,12-15H2,1-4H3,(H,29,32)/t19-,21-,22+,24?/m0/s1. The minimum absolute atomic E-state index is 0.0686. The van der Waals surface area contributed by atoms with E-state index in [1.807, 2.05) is 32.9 Å². The number of fused-ring (bicyclic) bond motifs is 1. The molecule has 0 spiro atoms. The van der Waals surface area contributed by atoms with Gasteiger partial charge in [-0.2, -0.15) is 0 Å². The Morgan fingerprint density at radius 1 is 1.08 bits per heavy atom. The third-order valence-corrected chi connectivity index (χ3v) is 7.04. The molecule has 9 heteroatoms. The van der Waals surface area contributed by atoms with Gasteiger partial charge in [0, 0.05) is 24.3 Å². The fourth-order valence-corrected chi connectivity index (χ4v) is 5.28. The average molecular weight is 498 g/mol. The van der Waals surface area contributed by atoms with Crippen molar-refractivity contribution in [2.75, 3.05) is 43.2 Å². The number of benzene rings is 2. The summed E-state index contributed by atoms with van der Waals surface area (Å²) in [5, 5.41) is 2.69. The van der Waals surface area contributed by atoms with Crippen molar-refractivity contribution in [1.29, 1.82) is 0 Å². The molecule has 2 aromatic rings. The third-order valence-electron chi connectivity index (χ3n) is 7.04. The summed E-state index contributed by atoms with van der Waals surface area (Å²) >= 11 is 0. The number of alkyl carbamates (subject to hydrolysis) is 1. The fraction of sp³-hybridized carbons (Fsp3) is 0.481. The predicted octanol–water partition coefficient (Wildman–Crippen LogP) is 4.53. The number of nitrogens with one attached hydrogen (secondary N) is 1. The molecule has 2 heterocycles. The molecule has 5 rings (SSSR count). The second-order valence-corrected chi connectivity index (χ2v) is 10.8. The zero-order valence-corrected chi connectivity index (χ0v) is 21.0. The van der Waals surface area contributed by atoms with Crippen LogP contribution in [0.15, 0.2) is 42.5 Å². The molecular weight excluding hydrogens is 465 g/mol. The van der Waals surface area contributed by atoms with E-state index in [0.29, 0.717) is 23.1 Å². The molecule has 2 saturated heterocycles. The van der Waals surface area contributed by atoms with Gasteiger partial charge < -0.3 is 24.4 Å². The number of hydrogen-bond acceptors (Lipinski definition) is 6. The minimum atomic E-state index is -0.613. The Bertz CT molecular complexity index is 1140. The van der Waals surface area contributed by atoms with E-state index in [1.54, 1.807) is 19.2 Å². The second kappa shape index (κ2) is 9.19. The van der Waals surface area contributed by atoms with Crippen LogP contribution in [0, 0.1) is 17.7 Å². The number of carbonyl (C=O) groups is 2. The molecule has 1 aliphatic carbocycles. The maximum Gasteiger partial charge on any atom is 0.414 e. The highest BCUT2D eigenvalue weighted by Crippen LogP contribution is 2.59. The molecule has 8 nitrogen and oxygen atoms in total. The summed E-state index contributed by atoms with van der Waals surface area (Å²) in [6.45, 7) is 7.44. The largest absolute Gasteiger partial charge is 0.497 e. The molecule has 0 aromatic heterocycles. The summed E-state index contributed by atoms with van der Waals surface area (Å²) in [6, 6.07) is 13.0. The van der Waals surface area contributed by atoms with Crippen LogP contribution in [0.4, 0.5) is 25.4 Å². The first kappa shape index (κ1) is 24.2. The predicted molar refractivity (Wildman–Crippen MR) is 133 cm³/mol. The summed E-state index contributed by atoms with van der Waals surface area (Å²) in [5.74, 6) is 1.56. The maximum absolute atomic E-state index is 15.2. The first-order valence-corrected chi connectivity index (χ1v) is 12.2. The van der Waals surface area contributed by atoms with Crippen LogP contribution in [0.25, 0.3) is 0 Å². The molecule has 3 aliphatic rings. The Morgan fingerprint density at radius 2 is 1.75 bits per heavy atom. The molecule has 1 N–H and O–H groups in total. The number of carbonyl (C=O) groups excluding carboxylic acids is 2. The molecule has 3 fully saturated rings. The van der Waals surface area contributed by atoms with Crippen molar-refractivity contribution in [2.24, 2.45) is 11.8 Å². The van der Waals surface area contributed by atoms with E-state index in [9.17, 15) is 9.59 Å². The number of nitrogens with zero attached hydrogens (tertiary/aromatic N) is 2. The second-order valence-electron chi connectivity index (χ2n) is 10.8. The summed E-state index contributed by atoms with van der Waals surface area (Å²) in [6.07, 6.45) is -1.77. The maximum atomic E-state index is 15.2. The van der Waals surface area contributed by atoms with E-state index in [4.69, 9.17) is 14.2 Å². The lowest BCUT2D eigenvalue weighted by atomic mass is 10.0. The average Bonchev–Trinajstić information content (AvgIpc) is 3.14. The quantitative estimate of drug-likeness (QED) is 0.632. The smallest absolute Gasteiger partial charge is 0.414 e. The molecule has 4 atom stereocenters. The number of cyclic esters (lactones) is 1. The van der Waals surface area contributed by atoms with Crippen LogP contribution in [0.3, 0.4) is 0 Å². The lowest BCUT2D eigenvalue weighted by Gasteiger charge is -2.22. The summed E-state index contributed by atoms with van der Waals surface area (Å²) < 4.78 is 30.9. The van der Waals surface area contributed by atoms with Crippen molar-refractivity contribution in [3.63, 3.8) is 0 Å². The van der Waals surface area contributed by atoms with Crippen molar-refractivity contribution >= 4 is 23.6 Å². The highest BCUT2D eigenvalue weighted by atomic mass is 19.1. The topological polar surface area (TPSA) is 80.3 Å². The monoisotopic (exact) mass is 497 g/mol. The van der Waals surface area contributed by atoms with Crippen molar-refractivity contribution < 1.29 is 28.2 Å². The van der Waals surface area contributed by atoms with Gasteiger partial charge in [0.25, 0.3) is 0 Å². The number of ether oxygens (including phenoxy) is 3. The van der Waals surface area contributed by atoms with Gasteiger partial charge in [-0.3, -0.25) is 4.90 Å². The van der Waals surface area contributed by atoms with E-state index < -0.39 is 23.8 Å². The number of methoxy groups -OCH3 is 1. The SMILES string of the molecule is COc1ccc(N2C[C@@H]3C(c4ccc(N5C[C@@H](COC(=O)NC(C)(C)C)OC5=O)cc4F)[C@@H]3C2)cc1. The number of rotatable bonds is 6. The van der Waals surface area contributed by atoms with Gasteiger partial charge in [0.15, 0.2) is 6.10 Å². The van der Waals surface area contributed by atoms with Crippen molar-refractivity contribution in [3.8, 4) is 5.75 Å². The molecule has 0 bridgehead atoms. The molecule has 2 aromatic carbocycles. The van der Waals surface area contributed by atoms with Crippen LogP contribution in [0.1, 0.15) is 32.3 Å². The first-order valence-electron chi connectivity index (χ1n) is 12.2. The Kier molecular flexibility index (Phi) is 6.18. The molecule has 1 unspecified atom stereocenters. The Labute approximate surface area is 210 Å². The van der Waals surface area contributed by atoms with E-state index in [0.717, 1.165) is 24.5 Å². The molecule has 0 radical (unpaired) electrons. The highest BCUT2D eigenvalue weighted by Gasteiger charge is 2.57. The van der Waals surface area contributed by atoms with Crippen LogP contribution >= 0.6 is 0 Å². The normalized spacial score (nSPS) is 24.9. The summed E-state index contributed by atoms with van der Waals surface area (Å²) in [5.41, 5.74) is 1.87. The number of hydrogen-bond donors (Lipinski definition) is 1. The molecule has 192 valence electrons. The Morgan fingerprint density at radius 3 is 2.36 bits per heavy atom. The molecule has 1 saturated carbocycles. The molecule has 2 aliphatic heterocycles. The summed E-state index contributed by atoms with van der Waals surface area (Å²) in [4.78, 5) is 28.0. The van der Waals surface area contributed by atoms with Crippen molar-refractivity contribution in [1.82, 2.24) is 5.32 Å². The van der Waals surface area contributed by atoms with E-state index in [-0.39, 0.29) is 24.9 Å². The van der Waals surface area contributed by atoms with E-state index >= 15 is 4.39 Å². The van der Waals surface area contributed by atoms with Gasteiger partial charge >= 0.3 is 12.2 Å². The van der Waals surface area contributed by atoms with Gasteiger partial charge in [0.2, 0.25) is 0 Å². The Balaban J connectivity index is 1.16. The van der Waals surface area contributed by atoms with Crippen LogP contribution in [-0.4, -0.2) is 57.2 Å². The summed E-state index contributed by atoms with van der Waals surface area (Å²) in [7, 11) is 1.65. The Hall–Kier alpha value is -3.49. The molecule has 36 heavy (non-hydrogen) atoms. The van der Waals surface area contributed by atoms with E-state index in [1.165, 1.54) is 11.0 Å². The van der Waals surface area contributed by atoms with Gasteiger partial charge in [-0.05, 0) is 80.5 Å². The molecular formula is C27H32FN3O5. The van der Waals surface area contributed by atoms with Crippen molar-refractivity contribution in [3.05, 3.63) is 53.8 Å². The lowest BCUT2D eigenvalue weighted by Crippen LogP contribution is -2.42. The number of amides is 2. The zero-order valence-electron chi connectivity index (χ0n) is 21.0. The molecule has 2 amide bonds. The van der Waals surface area contributed by atoms with Gasteiger partial charge in [-0.1, -0.05) is 6.07 Å². The van der Waals surface area contributed by atoms with Crippen molar-refractivity contribution in [2.45, 2.75) is 38.3 Å². The third kappa shape index (κ3) is 4.92. The van der Waals surface area contributed by atoms with E-state index in [2.05, 4.69) is 22.3 Å². The zero-order chi connectivity index (χ0) is 25.6. The van der Waals surface area contributed by atoms with Crippen LogP contribution in [0.5, 0.6) is 5.75 Å². The van der Waals surface area contributed by atoms with Gasteiger partial charge in [-0.15, -0.1) is 0 Å².